The molecule has 1 N–H and O–H groups in total. The highest BCUT2D eigenvalue weighted by atomic mass is 16.5. The molecule has 1 aliphatic rings. The number of esters is 1. The number of rotatable bonds is 2. The molecule has 0 aromatic heterocycles. The molecule has 0 amide bonds. The molecule has 1 aromatic carbocycles. The van der Waals surface area contributed by atoms with Gasteiger partial charge in [-0.25, -0.2) is 4.79 Å². The third-order valence-electron chi connectivity index (χ3n) is 4.41. The Bertz CT molecular complexity index is 678. The summed E-state index contributed by atoms with van der Waals surface area (Å²) < 4.78 is 5.81. The fourth-order valence-electron chi connectivity index (χ4n) is 3.00. The first-order valence-corrected chi connectivity index (χ1v) is 8.78. The topological polar surface area (TPSA) is 46.5 Å². The molecule has 0 heterocycles. The molecule has 1 aliphatic carbocycles. The zero-order valence-electron chi connectivity index (χ0n) is 15.4. The summed E-state index contributed by atoms with van der Waals surface area (Å²) in [7, 11) is 0. The summed E-state index contributed by atoms with van der Waals surface area (Å²) in [5, 5.41) is 9.36. The first-order valence-electron chi connectivity index (χ1n) is 8.78. The van der Waals surface area contributed by atoms with Crippen LogP contribution in [0.25, 0.3) is 0 Å². The number of carbonyl (C=O) groups is 1. The van der Waals surface area contributed by atoms with Gasteiger partial charge in [-0.3, -0.25) is 0 Å². The Kier molecular flexibility index (Phi) is 6.24. The van der Waals surface area contributed by atoms with Crippen LogP contribution in [0.15, 0.2) is 60.2 Å². The third-order valence-corrected chi connectivity index (χ3v) is 4.41. The van der Waals surface area contributed by atoms with Gasteiger partial charge in [0.2, 0.25) is 0 Å². The average molecular weight is 340 g/mol. The van der Waals surface area contributed by atoms with Crippen molar-refractivity contribution in [2.24, 2.45) is 5.41 Å². The van der Waals surface area contributed by atoms with E-state index in [9.17, 15) is 9.90 Å². The van der Waals surface area contributed by atoms with E-state index in [-0.39, 0.29) is 23.2 Å². The number of ether oxygens (including phenoxy) is 1. The van der Waals surface area contributed by atoms with Crippen LogP contribution in [0.5, 0.6) is 5.75 Å². The van der Waals surface area contributed by atoms with Crippen molar-refractivity contribution in [3.05, 3.63) is 65.8 Å². The van der Waals surface area contributed by atoms with Crippen LogP contribution in [0, 0.1) is 5.41 Å². The molecule has 0 aliphatic heterocycles. The number of allylic oxidation sites excluding steroid dienone is 4. The summed E-state index contributed by atoms with van der Waals surface area (Å²) in [6, 6.07) is 6.16. The molecule has 0 saturated heterocycles. The molecule has 0 fully saturated rings. The van der Waals surface area contributed by atoms with E-state index in [1.165, 1.54) is 17.7 Å². The van der Waals surface area contributed by atoms with Gasteiger partial charge in [0, 0.05) is 6.42 Å². The minimum Gasteiger partial charge on any atom is -0.508 e. The lowest BCUT2D eigenvalue weighted by Gasteiger charge is -2.27. The number of hydrogen-bond acceptors (Lipinski definition) is 3. The predicted molar refractivity (Wildman–Crippen MR) is 102 cm³/mol. The lowest BCUT2D eigenvalue weighted by atomic mass is 9.84. The first kappa shape index (κ1) is 19.0. The van der Waals surface area contributed by atoms with Gasteiger partial charge < -0.3 is 9.84 Å². The van der Waals surface area contributed by atoms with Crippen molar-refractivity contribution in [3.63, 3.8) is 0 Å². The van der Waals surface area contributed by atoms with Crippen molar-refractivity contribution in [1.82, 2.24) is 0 Å². The highest BCUT2D eigenvalue weighted by Gasteiger charge is 2.25. The van der Waals surface area contributed by atoms with Gasteiger partial charge in [0.15, 0.2) is 0 Å². The SMILES string of the molecule is C=C1/C=C/C(C)(C)CC(OC(=O)c2ccc(O)cc2)C/C(C)=C/CC1. The van der Waals surface area contributed by atoms with Crippen LogP contribution >= 0.6 is 0 Å². The quantitative estimate of drug-likeness (QED) is 0.565. The minimum absolute atomic E-state index is 0.0898. The van der Waals surface area contributed by atoms with E-state index in [1.807, 2.05) is 0 Å². The fraction of sp³-hybridized carbons (Fsp3) is 0.409. The van der Waals surface area contributed by atoms with Crippen LogP contribution < -0.4 is 0 Å². The minimum atomic E-state index is -0.350. The van der Waals surface area contributed by atoms with Crippen LogP contribution in [-0.2, 0) is 4.74 Å². The van der Waals surface area contributed by atoms with Gasteiger partial charge in [-0.15, -0.1) is 0 Å². The van der Waals surface area contributed by atoms with Gasteiger partial charge in [0.05, 0.1) is 5.56 Å². The van der Waals surface area contributed by atoms with Crippen LogP contribution in [0.3, 0.4) is 0 Å². The number of benzene rings is 1. The zero-order chi connectivity index (χ0) is 18.4. The first-order chi connectivity index (χ1) is 11.7. The number of aromatic hydroxyl groups is 1. The third kappa shape index (κ3) is 6.26. The summed E-state index contributed by atoms with van der Waals surface area (Å²) in [4.78, 5) is 12.5. The van der Waals surface area contributed by atoms with E-state index in [0.717, 1.165) is 31.3 Å². The largest absolute Gasteiger partial charge is 0.508 e. The standard InChI is InChI=1S/C22H28O3/c1-16-6-5-7-17(2)14-20(15-22(3,4)13-12-16)25-21(24)18-8-10-19(23)11-9-18/h7-13,20,23H,1,5-6,14-15H2,2-4H3/b13-12+,17-7+. The molecule has 1 atom stereocenters. The van der Waals surface area contributed by atoms with Crippen molar-refractivity contribution >= 4 is 5.97 Å². The summed E-state index contributed by atoms with van der Waals surface area (Å²) in [6.45, 7) is 10.5. The highest BCUT2D eigenvalue weighted by molar-refractivity contribution is 5.89. The van der Waals surface area contributed by atoms with Crippen LogP contribution in [0.2, 0.25) is 0 Å². The van der Waals surface area contributed by atoms with E-state index in [4.69, 9.17) is 4.74 Å². The molecule has 134 valence electrons. The van der Waals surface area contributed by atoms with Crippen LogP contribution in [0.4, 0.5) is 0 Å². The van der Waals surface area contributed by atoms with Crippen molar-refractivity contribution in [2.75, 3.05) is 0 Å². The molecule has 0 spiro atoms. The maximum Gasteiger partial charge on any atom is 0.338 e. The molecule has 1 unspecified atom stereocenters. The monoisotopic (exact) mass is 340 g/mol. The van der Waals surface area contributed by atoms with Crippen LogP contribution in [0.1, 0.15) is 56.8 Å². The van der Waals surface area contributed by atoms with E-state index >= 15 is 0 Å². The van der Waals surface area contributed by atoms with Gasteiger partial charge in [-0.2, -0.15) is 0 Å². The molecule has 0 radical (unpaired) electrons. The normalized spacial score (nSPS) is 24.5. The molecular weight excluding hydrogens is 312 g/mol. The van der Waals surface area contributed by atoms with E-state index < -0.39 is 0 Å². The molecule has 0 saturated carbocycles. The highest BCUT2D eigenvalue weighted by Crippen LogP contribution is 2.30. The fourth-order valence-corrected chi connectivity index (χ4v) is 3.00. The molecule has 3 heteroatoms. The van der Waals surface area contributed by atoms with Gasteiger partial charge in [-0.1, -0.05) is 49.8 Å². The molecule has 3 nitrogen and oxygen atoms in total. The number of phenols is 1. The Morgan fingerprint density at radius 1 is 1.28 bits per heavy atom. The van der Waals surface area contributed by atoms with E-state index in [1.54, 1.807) is 12.1 Å². The number of hydrogen-bond donors (Lipinski definition) is 1. The van der Waals surface area contributed by atoms with Crippen LogP contribution in [-0.4, -0.2) is 17.2 Å². The second-order valence-corrected chi connectivity index (χ2v) is 7.55. The Labute approximate surface area is 150 Å². The maximum atomic E-state index is 12.5. The van der Waals surface area contributed by atoms with Crippen molar-refractivity contribution in [2.45, 2.75) is 52.6 Å². The van der Waals surface area contributed by atoms with Crippen molar-refractivity contribution in [1.29, 1.82) is 0 Å². The van der Waals surface area contributed by atoms with Gasteiger partial charge >= 0.3 is 5.97 Å². The summed E-state index contributed by atoms with van der Waals surface area (Å²) in [5.74, 6) is -0.214. The molecular formula is C22H28O3. The smallest absolute Gasteiger partial charge is 0.338 e. The summed E-state index contributed by atoms with van der Waals surface area (Å²) >= 11 is 0. The Hall–Kier alpha value is -2.29. The lowest BCUT2D eigenvalue weighted by molar-refractivity contribution is 0.0222. The van der Waals surface area contributed by atoms with Crippen molar-refractivity contribution < 1.29 is 14.6 Å². The van der Waals surface area contributed by atoms with E-state index in [2.05, 4.69) is 45.6 Å². The second kappa shape index (κ2) is 8.19. The number of carbonyl (C=O) groups excluding carboxylic acids is 1. The van der Waals surface area contributed by atoms with Crippen molar-refractivity contribution in [3.8, 4) is 5.75 Å². The average Bonchev–Trinajstić information content (AvgIpc) is 2.54. The predicted octanol–water partition coefficient (Wildman–Crippen LogP) is 5.58. The van der Waals surface area contributed by atoms with Gasteiger partial charge in [0.25, 0.3) is 0 Å². The molecule has 25 heavy (non-hydrogen) atoms. The summed E-state index contributed by atoms with van der Waals surface area (Å²) in [6.07, 6.45) is 9.64. The van der Waals surface area contributed by atoms with Gasteiger partial charge in [-0.05, 0) is 55.9 Å². The molecule has 2 rings (SSSR count). The summed E-state index contributed by atoms with van der Waals surface area (Å²) in [5.41, 5.74) is 2.72. The Morgan fingerprint density at radius 3 is 2.64 bits per heavy atom. The van der Waals surface area contributed by atoms with E-state index in [0.29, 0.717) is 5.56 Å². The Morgan fingerprint density at radius 2 is 1.96 bits per heavy atom. The van der Waals surface area contributed by atoms with Gasteiger partial charge in [0.1, 0.15) is 11.9 Å². The maximum absolute atomic E-state index is 12.5. The molecule has 0 bridgehead atoms. The Balaban J connectivity index is 2.18. The molecule has 1 aromatic rings. The zero-order valence-corrected chi connectivity index (χ0v) is 15.4. The number of phenolic OH excluding ortho intramolecular Hbond substituents is 1. The second-order valence-electron chi connectivity index (χ2n) is 7.55. The lowest BCUT2D eigenvalue weighted by Crippen LogP contribution is -2.25.